The molecule has 1 saturated heterocycles. The molecule has 1 N–H and O–H groups in total. The van der Waals surface area contributed by atoms with Crippen molar-refractivity contribution in [1.29, 1.82) is 0 Å². The summed E-state index contributed by atoms with van der Waals surface area (Å²) in [6.45, 7) is 14.8. The molecule has 0 spiro atoms. The molecule has 0 aliphatic carbocycles. The first kappa shape index (κ1) is 15.5. The molecule has 1 aliphatic heterocycles. The van der Waals surface area contributed by atoms with Crippen molar-refractivity contribution < 1.29 is 4.79 Å². The minimum atomic E-state index is -0.200. The molecule has 106 valence electrons. The zero-order valence-electron chi connectivity index (χ0n) is 13.1. The van der Waals surface area contributed by atoms with Crippen LogP contribution in [0, 0.1) is 16.7 Å². The molecule has 0 aromatic rings. The highest BCUT2D eigenvalue weighted by molar-refractivity contribution is 5.83. The van der Waals surface area contributed by atoms with Crippen LogP contribution >= 0.6 is 0 Å². The van der Waals surface area contributed by atoms with Crippen LogP contribution in [0.5, 0.6) is 0 Å². The average Bonchev–Trinajstić information content (AvgIpc) is 2.75. The van der Waals surface area contributed by atoms with Gasteiger partial charge in [-0.3, -0.25) is 4.79 Å². The Balaban J connectivity index is 2.91. The zero-order valence-corrected chi connectivity index (χ0v) is 13.1. The fourth-order valence-electron chi connectivity index (χ4n) is 2.74. The Morgan fingerprint density at radius 1 is 1.28 bits per heavy atom. The van der Waals surface area contributed by atoms with E-state index in [1.165, 1.54) is 0 Å². The third-order valence-corrected chi connectivity index (χ3v) is 4.87. The molecule has 2 unspecified atom stereocenters. The van der Waals surface area contributed by atoms with Crippen LogP contribution in [0.15, 0.2) is 0 Å². The van der Waals surface area contributed by atoms with Crippen molar-refractivity contribution in [2.24, 2.45) is 16.7 Å². The Labute approximate surface area is 112 Å². The van der Waals surface area contributed by atoms with Crippen molar-refractivity contribution in [3.05, 3.63) is 0 Å². The highest BCUT2D eigenvalue weighted by Crippen LogP contribution is 2.37. The number of nitrogens with zero attached hydrogens (tertiary/aromatic N) is 1. The van der Waals surface area contributed by atoms with Gasteiger partial charge in [0.15, 0.2) is 0 Å². The summed E-state index contributed by atoms with van der Waals surface area (Å²) < 4.78 is 0. The number of nitrogens with one attached hydrogen (secondary N) is 1. The predicted molar refractivity (Wildman–Crippen MR) is 76.4 cm³/mol. The molecule has 0 radical (unpaired) electrons. The molecular formula is C15H30N2O. The quantitative estimate of drug-likeness (QED) is 0.839. The molecule has 0 aromatic carbocycles. The van der Waals surface area contributed by atoms with Gasteiger partial charge in [0, 0.05) is 19.6 Å². The SMILES string of the molecule is CC(N(C)C(=O)C1(C(C)C)CCNC1)C(C)(C)C. The average molecular weight is 254 g/mol. The maximum atomic E-state index is 12.9. The van der Waals surface area contributed by atoms with E-state index in [1.807, 2.05) is 11.9 Å². The van der Waals surface area contributed by atoms with E-state index in [1.54, 1.807) is 0 Å². The van der Waals surface area contributed by atoms with Gasteiger partial charge >= 0.3 is 0 Å². The first-order chi connectivity index (χ1) is 8.13. The maximum absolute atomic E-state index is 12.9. The van der Waals surface area contributed by atoms with Crippen molar-refractivity contribution in [1.82, 2.24) is 10.2 Å². The predicted octanol–water partition coefficient (Wildman–Crippen LogP) is 2.52. The maximum Gasteiger partial charge on any atom is 0.230 e. The van der Waals surface area contributed by atoms with E-state index in [2.05, 4.69) is 46.9 Å². The largest absolute Gasteiger partial charge is 0.342 e. The first-order valence-electron chi connectivity index (χ1n) is 7.11. The molecule has 0 saturated carbocycles. The van der Waals surface area contributed by atoms with Crippen LogP contribution in [-0.2, 0) is 4.79 Å². The molecule has 0 bridgehead atoms. The third kappa shape index (κ3) is 2.71. The number of hydrogen-bond acceptors (Lipinski definition) is 2. The Hall–Kier alpha value is -0.570. The smallest absolute Gasteiger partial charge is 0.230 e. The second kappa shape index (κ2) is 5.20. The molecule has 18 heavy (non-hydrogen) atoms. The molecular weight excluding hydrogens is 224 g/mol. The van der Waals surface area contributed by atoms with Gasteiger partial charge < -0.3 is 10.2 Å². The summed E-state index contributed by atoms with van der Waals surface area (Å²) in [5.41, 5.74) is -0.0805. The van der Waals surface area contributed by atoms with Gasteiger partial charge in [-0.05, 0) is 31.2 Å². The number of hydrogen-bond donors (Lipinski definition) is 1. The molecule has 1 amide bonds. The normalized spacial score (nSPS) is 26.4. The summed E-state index contributed by atoms with van der Waals surface area (Å²) in [4.78, 5) is 14.8. The highest BCUT2D eigenvalue weighted by Gasteiger charge is 2.46. The standard InChI is InChI=1S/C15H30N2O/c1-11(2)15(8-9-16-10-15)13(18)17(7)12(3)14(4,5)6/h11-12,16H,8-10H2,1-7H3. The van der Waals surface area contributed by atoms with Crippen LogP contribution in [-0.4, -0.2) is 37.0 Å². The summed E-state index contributed by atoms with van der Waals surface area (Å²) in [5, 5.41) is 3.36. The third-order valence-electron chi connectivity index (χ3n) is 4.87. The van der Waals surface area contributed by atoms with Crippen LogP contribution < -0.4 is 5.32 Å². The van der Waals surface area contributed by atoms with Gasteiger partial charge in [-0.1, -0.05) is 34.6 Å². The van der Waals surface area contributed by atoms with E-state index in [4.69, 9.17) is 0 Å². The lowest BCUT2D eigenvalue weighted by Crippen LogP contribution is -2.52. The van der Waals surface area contributed by atoms with E-state index in [0.717, 1.165) is 19.5 Å². The Kier molecular flexibility index (Phi) is 4.47. The van der Waals surface area contributed by atoms with Gasteiger partial charge in [-0.2, -0.15) is 0 Å². The van der Waals surface area contributed by atoms with Crippen LogP contribution in [0.2, 0.25) is 0 Å². The van der Waals surface area contributed by atoms with Crippen molar-refractivity contribution in [2.75, 3.05) is 20.1 Å². The summed E-state index contributed by atoms with van der Waals surface area (Å²) in [7, 11) is 1.96. The van der Waals surface area contributed by atoms with Crippen molar-refractivity contribution in [2.45, 2.75) is 54.0 Å². The second-order valence-corrected chi connectivity index (χ2v) is 7.20. The minimum absolute atomic E-state index is 0.120. The lowest BCUT2D eigenvalue weighted by Gasteiger charge is -2.41. The first-order valence-corrected chi connectivity index (χ1v) is 7.11. The Morgan fingerprint density at radius 3 is 2.17 bits per heavy atom. The highest BCUT2D eigenvalue weighted by atomic mass is 16.2. The molecule has 1 aliphatic rings. The van der Waals surface area contributed by atoms with E-state index in [9.17, 15) is 4.79 Å². The fraction of sp³-hybridized carbons (Fsp3) is 0.933. The topological polar surface area (TPSA) is 32.3 Å². The number of amides is 1. The van der Waals surface area contributed by atoms with Crippen molar-refractivity contribution in [3.63, 3.8) is 0 Å². The second-order valence-electron chi connectivity index (χ2n) is 7.20. The fourth-order valence-corrected chi connectivity index (χ4v) is 2.74. The summed E-state index contributed by atoms with van der Waals surface area (Å²) >= 11 is 0. The number of carbonyl (C=O) groups is 1. The van der Waals surface area contributed by atoms with Gasteiger partial charge in [-0.15, -0.1) is 0 Å². The molecule has 3 heteroatoms. The molecule has 1 fully saturated rings. The molecule has 3 nitrogen and oxygen atoms in total. The van der Waals surface area contributed by atoms with E-state index >= 15 is 0 Å². The van der Waals surface area contributed by atoms with Crippen LogP contribution in [0.4, 0.5) is 0 Å². The van der Waals surface area contributed by atoms with E-state index < -0.39 is 0 Å². The van der Waals surface area contributed by atoms with Gasteiger partial charge in [0.1, 0.15) is 0 Å². The number of rotatable bonds is 3. The van der Waals surface area contributed by atoms with Crippen LogP contribution in [0.3, 0.4) is 0 Å². The monoisotopic (exact) mass is 254 g/mol. The van der Waals surface area contributed by atoms with Gasteiger partial charge in [-0.25, -0.2) is 0 Å². The number of carbonyl (C=O) groups excluding carboxylic acids is 1. The zero-order chi connectivity index (χ0) is 14.1. The molecule has 2 atom stereocenters. The van der Waals surface area contributed by atoms with Gasteiger partial charge in [0.2, 0.25) is 5.91 Å². The molecule has 0 aromatic heterocycles. The van der Waals surface area contributed by atoms with Crippen LogP contribution in [0.1, 0.15) is 48.0 Å². The lowest BCUT2D eigenvalue weighted by atomic mass is 9.74. The lowest BCUT2D eigenvalue weighted by molar-refractivity contribution is -0.146. The summed E-state index contributed by atoms with van der Waals surface area (Å²) in [6, 6.07) is 0.251. The summed E-state index contributed by atoms with van der Waals surface area (Å²) in [6.07, 6.45) is 0.963. The summed E-state index contributed by atoms with van der Waals surface area (Å²) in [5.74, 6) is 0.694. The van der Waals surface area contributed by atoms with E-state index in [-0.39, 0.29) is 16.9 Å². The van der Waals surface area contributed by atoms with Crippen molar-refractivity contribution >= 4 is 5.91 Å². The molecule has 1 heterocycles. The Bertz CT molecular complexity index is 298. The van der Waals surface area contributed by atoms with Crippen LogP contribution in [0.25, 0.3) is 0 Å². The van der Waals surface area contributed by atoms with Gasteiger partial charge in [0.25, 0.3) is 0 Å². The van der Waals surface area contributed by atoms with E-state index in [0.29, 0.717) is 11.8 Å². The van der Waals surface area contributed by atoms with Gasteiger partial charge in [0.05, 0.1) is 5.41 Å². The minimum Gasteiger partial charge on any atom is -0.342 e. The Morgan fingerprint density at radius 2 is 1.83 bits per heavy atom. The van der Waals surface area contributed by atoms with Crippen molar-refractivity contribution in [3.8, 4) is 0 Å². The molecule has 1 rings (SSSR count).